The first-order valence-electron chi connectivity index (χ1n) is 9.13. The summed E-state index contributed by atoms with van der Waals surface area (Å²) in [5.74, 6) is 0.0800. The fourth-order valence-electron chi connectivity index (χ4n) is 3.68. The van der Waals surface area contributed by atoms with E-state index < -0.39 is 0 Å². The van der Waals surface area contributed by atoms with Gasteiger partial charge in [-0.3, -0.25) is 14.7 Å². The van der Waals surface area contributed by atoms with Gasteiger partial charge < -0.3 is 15.5 Å². The summed E-state index contributed by atoms with van der Waals surface area (Å²) in [5, 5.41) is 6.37. The molecule has 1 aromatic rings. The predicted molar refractivity (Wildman–Crippen MR) is 94.6 cm³/mol. The molecule has 2 saturated heterocycles. The molecule has 3 rings (SSSR count). The van der Waals surface area contributed by atoms with Gasteiger partial charge in [-0.05, 0) is 44.6 Å². The maximum Gasteiger partial charge on any atom is 0.238 e. The van der Waals surface area contributed by atoms with Crippen LogP contribution in [0.15, 0.2) is 24.4 Å². The average Bonchev–Trinajstić information content (AvgIpc) is 2.67. The molecule has 3 heterocycles. The van der Waals surface area contributed by atoms with Crippen molar-refractivity contribution in [3.63, 3.8) is 0 Å². The van der Waals surface area contributed by atoms with Crippen molar-refractivity contribution in [3.8, 4) is 0 Å². The highest BCUT2D eigenvalue weighted by atomic mass is 16.2. The molecule has 0 bridgehead atoms. The van der Waals surface area contributed by atoms with Crippen molar-refractivity contribution in [2.75, 3.05) is 39.3 Å². The van der Waals surface area contributed by atoms with Crippen molar-refractivity contribution in [1.82, 2.24) is 25.4 Å². The molecule has 0 aromatic carbocycles. The van der Waals surface area contributed by atoms with E-state index in [0.29, 0.717) is 12.6 Å². The Balaban J connectivity index is 1.47. The van der Waals surface area contributed by atoms with Gasteiger partial charge in [-0.1, -0.05) is 13.0 Å². The summed E-state index contributed by atoms with van der Waals surface area (Å²) in [6, 6.07) is 6.27. The van der Waals surface area contributed by atoms with Crippen LogP contribution in [0.2, 0.25) is 0 Å². The minimum atomic E-state index is -0.119. The third-order valence-corrected chi connectivity index (χ3v) is 5.21. The summed E-state index contributed by atoms with van der Waals surface area (Å²) in [5.41, 5.74) is 0.894. The Kier molecular flexibility index (Phi) is 6.18. The number of amides is 1. The zero-order valence-electron chi connectivity index (χ0n) is 14.6. The van der Waals surface area contributed by atoms with Gasteiger partial charge in [0.15, 0.2) is 0 Å². The second kappa shape index (κ2) is 8.55. The van der Waals surface area contributed by atoms with Gasteiger partial charge >= 0.3 is 0 Å². The average molecular weight is 331 g/mol. The number of hydrogen-bond donors (Lipinski definition) is 2. The standard InChI is InChI=1S/C18H29N5O/c1-2-22-10-6-16(7-11-22)23-12-9-20-17(14-23)18(24)21-13-15-5-3-4-8-19-15/h3-5,8,16-17,20H,2,6-7,9-14H2,1H3,(H,21,24)/t17-/m1/s1. The van der Waals surface area contributed by atoms with E-state index in [-0.39, 0.29) is 11.9 Å². The Morgan fingerprint density at radius 1 is 1.33 bits per heavy atom. The zero-order valence-corrected chi connectivity index (χ0v) is 14.6. The number of aromatic nitrogens is 1. The van der Waals surface area contributed by atoms with Crippen molar-refractivity contribution >= 4 is 5.91 Å². The number of nitrogens with zero attached hydrogens (tertiary/aromatic N) is 3. The molecule has 6 heteroatoms. The van der Waals surface area contributed by atoms with Gasteiger partial charge in [0.1, 0.15) is 0 Å². The number of likely N-dealkylation sites (tertiary alicyclic amines) is 1. The van der Waals surface area contributed by atoms with Gasteiger partial charge in [0.05, 0.1) is 18.3 Å². The van der Waals surface area contributed by atoms with Crippen molar-refractivity contribution < 1.29 is 4.79 Å². The van der Waals surface area contributed by atoms with Crippen LogP contribution in [0.3, 0.4) is 0 Å². The minimum Gasteiger partial charge on any atom is -0.349 e. The molecule has 2 aliphatic heterocycles. The third-order valence-electron chi connectivity index (χ3n) is 5.21. The normalized spacial score (nSPS) is 24.0. The van der Waals surface area contributed by atoms with Crippen LogP contribution in [0, 0.1) is 0 Å². The summed E-state index contributed by atoms with van der Waals surface area (Å²) in [7, 11) is 0. The molecule has 1 atom stereocenters. The van der Waals surface area contributed by atoms with E-state index in [1.165, 1.54) is 25.9 Å². The molecule has 0 spiro atoms. The number of pyridine rings is 1. The van der Waals surface area contributed by atoms with Crippen molar-refractivity contribution in [2.24, 2.45) is 0 Å². The van der Waals surface area contributed by atoms with Gasteiger partial charge in [0.25, 0.3) is 0 Å². The van der Waals surface area contributed by atoms with Crippen LogP contribution in [-0.4, -0.2) is 72.0 Å². The highest BCUT2D eigenvalue weighted by molar-refractivity contribution is 5.82. The Labute approximate surface area is 144 Å². The number of carbonyl (C=O) groups excluding carboxylic acids is 1. The lowest BCUT2D eigenvalue weighted by Crippen LogP contribution is -2.60. The van der Waals surface area contributed by atoms with E-state index in [4.69, 9.17) is 0 Å². The first-order valence-corrected chi connectivity index (χ1v) is 9.13. The fourth-order valence-corrected chi connectivity index (χ4v) is 3.68. The molecule has 0 radical (unpaired) electrons. The monoisotopic (exact) mass is 331 g/mol. The highest BCUT2D eigenvalue weighted by Gasteiger charge is 2.31. The summed E-state index contributed by atoms with van der Waals surface area (Å²) >= 11 is 0. The van der Waals surface area contributed by atoms with E-state index in [2.05, 4.69) is 32.3 Å². The summed E-state index contributed by atoms with van der Waals surface area (Å²) in [6.07, 6.45) is 4.19. The second-order valence-electron chi connectivity index (χ2n) is 6.71. The lowest BCUT2D eigenvalue weighted by Gasteiger charge is -2.42. The molecule has 0 aliphatic carbocycles. The van der Waals surface area contributed by atoms with Gasteiger partial charge in [0, 0.05) is 31.9 Å². The second-order valence-corrected chi connectivity index (χ2v) is 6.71. The van der Waals surface area contributed by atoms with Gasteiger partial charge in [-0.15, -0.1) is 0 Å². The third kappa shape index (κ3) is 4.53. The molecule has 24 heavy (non-hydrogen) atoms. The molecule has 6 nitrogen and oxygen atoms in total. The van der Waals surface area contributed by atoms with E-state index >= 15 is 0 Å². The van der Waals surface area contributed by atoms with Crippen LogP contribution >= 0.6 is 0 Å². The molecule has 0 saturated carbocycles. The van der Waals surface area contributed by atoms with Crippen molar-refractivity contribution in [3.05, 3.63) is 30.1 Å². The number of piperazine rings is 1. The molecule has 1 aromatic heterocycles. The topological polar surface area (TPSA) is 60.5 Å². The van der Waals surface area contributed by atoms with Crippen molar-refractivity contribution in [1.29, 1.82) is 0 Å². The number of hydrogen-bond acceptors (Lipinski definition) is 5. The van der Waals surface area contributed by atoms with Crippen LogP contribution in [0.4, 0.5) is 0 Å². The Morgan fingerprint density at radius 2 is 2.17 bits per heavy atom. The van der Waals surface area contributed by atoms with E-state index in [9.17, 15) is 4.79 Å². The maximum atomic E-state index is 12.5. The zero-order chi connectivity index (χ0) is 16.8. The fraction of sp³-hybridized carbons (Fsp3) is 0.667. The molecule has 2 fully saturated rings. The Bertz CT molecular complexity index is 515. The summed E-state index contributed by atoms with van der Waals surface area (Å²) in [6.45, 7) is 8.97. The molecule has 1 amide bonds. The van der Waals surface area contributed by atoms with Crippen molar-refractivity contribution in [2.45, 2.75) is 38.4 Å². The van der Waals surface area contributed by atoms with Gasteiger partial charge in [0.2, 0.25) is 5.91 Å². The SMILES string of the molecule is CCN1CCC(N2CCN[C@@H](C(=O)NCc3ccccn3)C2)CC1. The van der Waals surface area contributed by atoms with E-state index in [1.807, 2.05) is 18.2 Å². The smallest absolute Gasteiger partial charge is 0.238 e. The van der Waals surface area contributed by atoms with E-state index in [1.54, 1.807) is 6.20 Å². The number of piperidine rings is 1. The van der Waals surface area contributed by atoms with E-state index in [0.717, 1.165) is 31.9 Å². The molecular formula is C18H29N5O. The predicted octanol–water partition coefficient (Wildman–Crippen LogP) is 0.456. The van der Waals surface area contributed by atoms with Crippen LogP contribution in [0.25, 0.3) is 0 Å². The largest absolute Gasteiger partial charge is 0.349 e. The van der Waals surface area contributed by atoms with Crippen LogP contribution in [-0.2, 0) is 11.3 Å². The quantitative estimate of drug-likeness (QED) is 0.821. The first-order chi connectivity index (χ1) is 11.8. The first kappa shape index (κ1) is 17.3. The molecule has 132 valence electrons. The van der Waals surface area contributed by atoms with Gasteiger partial charge in [-0.2, -0.15) is 0 Å². The van der Waals surface area contributed by atoms with Crippen LogP contribution in [0.5, 0.6) is 0 Å². The Hall–Kier alpha value is -1.50. The lowest BCUT2D eigenvalue weighted by molar-refractivity contribution is -0.124. The lowest BCUT2D eigenvalue weighted by atomic mass is 10.0. The summed E-state index contributed by atoms with van der Waals surface area (Å²) < 4.78 is 0. The Morgan fingerprint density at radius 3 is 2.88 bits per heavy atom. The van der Waals surface area contributed by atoms with Gasteiger partial charge in [-0.25, -0.2) is 0 Å². The number of nitrogens with one attached hydrogen (secondary N) is 2. The highest BCUT2D eigenvalue weighted by Crippen LogP contribution is 2.18. The molecular weight excluding hydrogens is 302 g/mol. The summed E-state index contributed by atoms with van der Waals surface area (Å²) in [4.78, 5) is 21.7. The molecule has 0 unspecified atom stereocenters. The number of carbonyl (C=O) groups is 1. The number of rotatable bonds is 5. The molecule has 2 N–H and O–H groups in total. The van der Waals surface area contributed by atoms with Crippen LogP contribution in [0.1, 0.15) is 25.5 Å². The molecule has 2 aliphatic rings. The van der Waals surface area contributed by atoms with Crippen LogP contribution < -0.4 is 10.6 Å². The minimum absolute atomic E-state index is 0.0800. The maximum absolute atomic E-state index is 12.5.